The first-order chi connectivity index (χ1) is 8.80. The molecule has 3 rings (SSSR count). The molecule has 0 radical (unpaired) electrons. The number of hydrogen-bond donors (Lipinski definition) is 1. The van der Waals surface area contributed by atoms with Crippen molar-refractivity contribution >= 4 is 11.8 Å². The molecule has 98 valence electrons. The molecular weight excluding hydrogens is 244 g/mol. The van der Waals surface area contributed by atoms with Gasteiger partial charge in [-0.1, -0.05) is 25.1 Å². The monoisotopic (exact) mass is 264 g/mol. The van der Waals surface area contributed by atoms with E-state index >= 15 is 0 Å². The van der Waals surface area contributed by atoms with Crippen molar-refractivity contribution < 1.29 is 9.84 Å². The Labute approximate surface area is 113 Å². The molecule has 1 aliphatic heterocycles. The van der Waals surface area contributed by atoms with Gasteiger partial charge in [0.1, 0.15) is 0 Å². The van der Waals surface area contributed by atoms with Crippen molar-refractivity contribution in [3.05, 3.63) is 30.3 Å². The van der Waals surface area contributed by atoms with Crippen molar-refractivity contribution in [2.75, 3.05) is 6.61 Å². The molecule has 1 saturated carbocycles. The second-order valence-corrected chi connectivity index (χ2v) is 6.70. The molecule has 0 amide bonds. The number of rotatable bonds is 5. The van der Waals surface area contributed by atoms with Crippen molar-refractivity contribution in [1.82, 2.24) is 0 Å². The Morgan fingerprint density at radius 1 is 1.39 bits per heavy atom. The van der Waals surface area contributed by atoms with Crippen molar-refractivity contribution in [3.63, 3.8) is 0 Å². The molecule has 3 heteroatoms. The Kier molecular flexibility index (Phi) is 3.39. The van der Waals surface area contributed by atoms with Gasteiger partial charge in [-0.3, -0.25) is 0 Å². The number of fused-ring (bicyclic) bond motifs is 1. The van der Waals surface area contributed by atoms with E-state index < -0.39 is 0 Å². The van der Waals surface area contributed by atoms with Gasteiger partial charge in [0.25, 0.3) is 0 Å². The molecule has 1 saturated heterocycles. The van der Waals surface area contributed by atoms with Crippen molar-refractivity contribution in [3.8, 4) is 0 Å². The van der Waals surface area contributed by atoms with Gasteiger partial charge in [-0.15, -0.1) is 11.8 Å². The first-order valence-electron chi connectivity index (χ1n) is 6.80. The number of thioether (sulfide) groups is 1. The summed E-state index contributed by atoms with van der Waals surface area (Å²) in [6.45, 7) is 2.42. The van der Waals surface area contributed by atoms with Crippen LogP contribution in [0, 0.1) is 5.92 Å². The number of aliphatic hydroxyl groups excluding tert-OH is 1. The van der Waals surface area contributed by atoms with Gasteiger partial charge in [0.2, 0.25) is 0 Å². The predicted octanol–water partition coefficient (Wildman–Crippen LogP) is 3.10. The van der Waals surface area contributed by atoms with Gasteiger partial charge >= 0.3 is 0 Å². The molecule has 18 heavy (non-hydrogen) atoms. The molecule has 0 spiro atoms. The lowest BCUT2D eigenvalue weighted by Crippen LogP contribution is -2.26. The van der Waals surface area contributed by atoms with E-state index in [1.54, 1.807) is 0 Å². The normalized spacial score (nSPS) is 37.6. The molecular formula is C15H20O2S. The Morgan fingerprint density at radius 3 is 2.83 bits per heavy atom. The number of ether oxygens (including phenoxy) is 1. The van der Waals surface area contributed by atoms with Gasteiger partial charge in [-0.05, 0) is 31.4 Å². The summed E-state index contributed by atoms with van der Waals surface area (Å²) in [5, 5.41) is 9.21. The first kappa shape index (κ1) is 12.5. The van der Waals surface area contributed by atoms with Crippen molar-refractivity contribution in [2.45, 2.75) is 48.0 Å². The molecule has 4 atom stereocenters. The average molecular weight is 264 g/mol. The predicted molar refractivity (Wildman–Crippen MR) is 73.8 cm³/mol. The fraction of sp³-hybridized carbons (Fsp3) is 0.600. The van der Waals surface area contributed by atoms with E-state index in [4.69, 9.17) is 4.74 Å². The van der Waals surface area contributed by atoms with E-state index in [9.17, 15) is 5.11 Å². The number of benzene rings is 1. The van der Waals surface area contributed by atoms with Crippen LogP contribution in [0.4, 0.5) is 0 Å². The van der Waals surface area contributed by atoms with E-state index in [1.165, 1.54) is 11.3 Å². The fourth-order valence-electron chi connectivity index (χ4n) is 3.22. The van der Waals surface area contributed by atoms with Crippen LogP contribution in [0.25, 0.3) is 0 Å². The lowest BCUT2D eigenvalue weighted by Gasteiger charge is -2.22. The zero-order valence-electron chi connectivity index (χ0n) is 10.7. The second kappa shape index (κ2) is 4.87. The standard InChI is InChI=1S/C15H20O2S/c1-2-13-12-10-15(12,14(17-13)8-9-16)18-11-6-4-3-5-7-11/h3-7,12-14,16H,2,8-10H2,1H3/t12-,13+,14-,15+/m1/s1. The minimum Gasteiger partial charge on any atom is -0.396 e. The Hall–Kier alpha value is -0.510. The SMILES string of the molecule is CC[C@@H]1O[C@H](CCO)[C@]2(Sc3ccccc3)C[C@H]12. The summed E-state index contributed by atoms with van der Waals surface area (Å²) in [5.41, 5.74) is 0. The summed E-state index contributed by atoms with van der Waals surface area (Å²) in [6, 6.07) is 10.6. The van der Waals surface area contributed by atoms with E-state index in [0.29, 0.717) is 12.0 Å². The highest BCUT2D eigenvalue weighted by atomic mass is 32.2. The average Bonchev–Trinajstić information content (AvgIpc) is 3.04. The molecule has 1 aromatic rings. The molecule has 1 aliphatic carbocycles. The highest BCUT2D eigenvalue weighted by Gasteiger charge is 2.68. The molecule has 2 aliphatic rings. The maximum atomic E-state index is 9.21. The zero-order valence-corrected chi connectivity index (χ0v) is 11.5. The van der Waals surface area contributed by atoms with Crippen LogP contribution in [-0.2, 0) is 4.74 Å². The van der Waals surface area contributed by atoms with Gasteiger partial charge in [0, 0.05) is 17.4 Å². The van der Waals surface area contributed by atoms with Crippen LogP contribution in [0.15, 0.2) is 35.2 Å². The van der Waals surface area contributed by atoms with Crippen LogP contribution >= 0.6 is 11.8 Å². The van der Waals surface area contributed by atoms with Gasteiger partial charge in [0.05, 0.1) is 17.0 Å². The molecule has 2 fully saturated rings. The van der Waals surface area contributed by atoms with E-state index in [2.05, 4.69) is 37.3 Å². The number of hydrogen-bond acceptors (Lipinski definition) is 3. The van der Waals surface area contributed by atoms with Crippen LogP contribution in [0.1, 0.15) is 26.2 Å². The smallest absolute Gasteiger partial charge is 0.0754 e. The minimum absolute atomic E-state index is 0.225. The highest BCUT2D eigenvalue weighted by molar-refractivity contribution is 8.01. The molecule has 0 unspecified atom stereocenters. The van der Waals surface area contributed by atoms with Crippen LogP contribution in [0.3, 0.4) is 0 Å². The molecule has 1 heterocycles. The van der Waals surface area contributed by atoms with Crippen molar-refractivity contribution in [2.24, 2.45) is 5.92 Å². The fourth-order valence-corrected chi connectivity index (χ4v) is 4.83. The molecule has 2 nitrogen and oxygen atoms in total. The molecule has 0 aromatic heterocycles. The highest BCUT2D eigenvalue weighted by Crippen LogP contribution is 2.66. The molecule has 1 N–H and O–H groups in total. The zero-order chi connectivity index (χ0) is 12.6. The summed E-state index contributed by atoms with van der Waals surface area (Å²) >= 11 is 1.96. The summed E-state index contributed by atoms with van der Waals surface area (Å²) in [4.78, 5) is 1.32. The van der Waals surface area contributed by atoms with Gasteiger partial charge in [-0.25, -0.2) is 0 Å². The maximum Gasteiger partial charge on any atom is 0.0754 e. The Balaban J connectivity index is 1.77. The third kappa shape index (κ3) is 1.98. The lowest BCUT2D eigenvalue weighted by atomic mass is 10.1. The molecule has 0 bridgehead atoms. The summed E-state index contributed by atoms with van der Waals surface area (Å²) < 4.78 is 6.35. The van der Waals surface area contributed by atoms with Gasteiger partial charge in [-0.2, -0.15) is 0 Å². The summed E-state index contributed by atoms with van der Waals surface area (Å²) in [5.74, 6) is 0.684. The summed E-state index contributed by atoms with van der Waals surface area (Å²) in [7, 11) is 0. The van der Waals surface area contributed by atoms with E-state index in [1.807, 2.05) is 11.8 Å². The second-order valence-electron chi connectivity index (χ2n) is 5.26. The van der Waals surface area contributed by atoms with Crippen LogP contribution in [0.5, 0.6) is 0 Å². The number of aliphatic hydroxyl groups is 1. The quantitative estimate of drug-likeness (QED) is 0.886. The maximum absolute atomic E-state index is 9.21. The topological polar surface area (TPSA) is 29.5 Å². The Bertz CT molecular complexity index is 408. The van der Waals surface area contributed by atoms with Gasteiger partial charge in [0.15, 0.2) is 0 Å². The minimum atomic E-state index is 0.225. The lowest BCUT2D eigenvalue weighted by molar-refractivity contribution is 0.00429. The van der Waals surface area contributed by atoms with E-state index in [-0.39, 0.29) is 17.5 Å². The molecule has 1 aromatic carbocycles. The Morgan fingerprint density at radius 2 is 2.17 bits per heavy atom. The van der Waals surface area contributed by atoms with E-state index in [0.717, 1.165) is 12.8 Å². The van der Waals surface area contributed by atoms with Crippen LogP contribution in [0.2, 0.25) is 0 Å². The van der Waals surface area contributed by atoms with Crippen LogP contribution < -0.4 is 0 Å². The third-order valence-electron chi connectivity index (χ3n) is 4.18. The van der Waals surface area contributed by atoms with Crippen molar-refractivity contribution in [1.29, 1.82) is 0 Å². The largest absolute Gasteiger partial charge is 0.396 e. The first-order valence-corrected chi connectivity index (χ1v) is 7.62. The van der Waals surface area contributed by atoms with Gasteiger partial charge < -0.3 is 9.84 Å². The van der Waals surface area contributed by atoms with Crippen LogP contribution in [-0.4, -0.2) is 28.7 Å². The third-order valence-corrected chi connectivity index (χ3v) is 5.80. The summed E-state index contributed by atoms with van der Waals surface area (Å²) in [6.07, 6.45) is 3.73.